The molecule has 0 saturated carbocycles. The van der Waals surface area contributed by atoms with Crippen LogP contribution in [-0.4, -0.2) is 50.9 Å². The van der Waals surface area contributed by atoms with E-state index < -0.39 is 8.24 Å². The molecule has 0 atom stereocenters. The summed E-state index contributed by atoms with van der Waals surface area (Å²) in [5, 5.41) is 0.489. The first kappa shape index (κ1) is 12.2. The van der Waals surface area contributed by atoms with Crippen LogP contribution < -0.4 is 0 Å². The van der Waals surface area contributed by atoms with E-state index in [-0.39, 0.29) is 0 Å². The minimum atomic E-state index is -1.23. The van der Waals surface area contributed by atoms with Crippen molar-refractivity contribution >= 4 is 8.24 Å². The van der Waals surface area contributed by atoms with Crippen LogP contribution in [0.1, 0.15) is 20.8 Å². The zero-order chi connectivity index (χ0) is 11.0. The molecule has 1 heterocycles. The lowest BCUT2D eigenvalue weighted by Gasteiger charge is -2.48. The normalized spacial score (nSPS) is 22.7. The van der Waals surface area contributed by atoms with Gasteiger partial charge in [0.2, 0.25) is 0 Å². The molecule has 2 nitrogen and oxygen atoms in total. The van der Waals surface area contributed by atoms with Crippen LogP contribution in [0, 0.1) is 0 Å². The Hall–Kier alpha value is 0.137. The number of hydrogen-bond acceptors (Lipinski definition) is 2. The Labute approximate surface area is 90.4 Å². The van der Waals surface area contributed by atoms with E-state index in [1.165, 1.54) is 26.2 Å². The van der Waals surface area contributed by atoms with Gasteiger partial charge in [0.15, 0.2) is 0 Å². The summed E-state index contributed by atoms with van der Waals surface area (Å²) >= 11 is 0. The molecular weight excluding hydrogens is 188 g/mol. The molecule has 0 unspecified atom stereocenters. The van der Waals surface area contributed by atoms with E-state index in [4.69, 9.17) is 0 Å². The maximum absolute atomic E-state index is 2.77. The smallest absolute Gasteiger partial charge is 0.127 e. The van der Waals surface area contributed by atoms with Gasteiger partial charge in [-0.15, -0.1) is 0 Å². The summed E-state index contributed by atoms with van der Waals surface area (Å²) in [6.45, 7) is 17.3. The van der Waals surface area contributed by atoms with Crippen molar-refractivity contribution in [3.8, 4) is 0 Å². The Balaban J connectivity index is 2.65. The first-order chi connectivity index (χ1) is 6.25. The highest BCUT2D eigenvalue weighted by atomic mass is 28.3. The standard InChI is InChI=1S/C11H26N2Si/c1-11(2,3)14(5,6)13-9-7-12(4)8-10-13/h7-10H2,1-6H3. The molecule has 1 aliphatic heterocycles. The van der Waals surface area contributed by atoms with Gasteiger partial charge in [0.25, 0.3) is 0 Å². The molecule has 1 rings (SSSR count). The first-order valence-corrected chi connectivity index (χ1v) is 8.63. The second-order valence-electron chi connectivity index (χ2n) is 6.10. The number of rotatable bonds is 1. The fourth-order valence-corrected chi connectivity index (χ4v) is 4.11. The van der Waals surface area contributed by atoms with Gasteiger partial charge in [-0.1, -0.05) is 33.9 Å². The van der Waals surface area contributed by atoms with Crippen LogP contribution in [0.15, 0.2) is 0 Å². The van der Waals surface area contributed by atoms with Crippen LogP contribution in [0.5, 0.6) is 0 Å². The first-order valence-electron chi connectivity index (χ1n) is 5.69. The third-order valence-corrected chi connectivity index (χ3v) is 9.83. The molecule has 0 aromatic heterocycles. The van der Waals surface area contributed by atoms with Gasteiger partial charge in [0.1, 0.15) is 8.24 Å². The minimum absolute atomic E-state index is 0.489. The topological polar surface area (TPSA) is 6.48 Å². The predicted molar refractivity (Wildman–Crippen MR) is 66.3 cm³/mol. The van der Waals surface area contributed by atoms with E-state index in [0.29, 0.717) is 5.04 Å². The quantitative estimate of drug-likeness (QED) is 0.618. The minimum Gasteiger partial charge on any atom is -0.321 e. The Morgan fingerprint density at radius 2 is 1.36 bits per heavy atom. The summed E-state index contributed by atoms with van der Waals surface area (Å²) in [6.07, 6.45) is 0. The van der Waals surface area contributed by atoms with Gasteiger partial charge in [0.05, 0.1) is 0 Å². The van der Waals surface area contributed by atoms with Crippen LogP contribution >= 0.6 is 0 Å². The zero-order valence-electron chi connectivity index (χ0n) is 10.7. The van der Waals surface area contributed by atoms with Gasteiger partial charge < -0.3 is 9.47 Å². The van der Waals surface area contributed by atoms with Crippen LogP contribution in [0.4, 0.5) is 0 Å². The van der Waals surface area contributed by atoms with E-state index >= 15 is 0 Å². The van der Waals surface area contributed by atoms with Crippen molar-refractivity contribution in [3.63, 3.8) is 0 Å². The third-order valence-electron chi connectivity index (χ3n) is 4.13. The molecule has 0 spiro atoms. The lowest BCUT2D eigenvalue weighted by molar-refractivity contribution is 0.212. The monoisotopic (exact) mass is 214 g/mol. The van der Waals surface area contributed by atoms with Gasteiger partial charge >= 0.3 is 0 Å². The van der Waals surface area contributed by atoms with Crippen molar-refractivity contribution in [1.29, 1.82) is 0 Å². The van der Waals surface area contributed by atoms with Crippen molar-refractivity contribution in [3.05, 3.63) is 0 Å². The molecule has 0 amide bonds. The van der Waals surface area contributed by atoms with Crippen LogP contribution in [0.3, 0.4) is 0 Å². The highest BCUT2D eigenvalue weighted by molar-refractivity contribution is 6.77. The van der Waals surface area contributed by atoms with Crippen molar-refractivity contribution < 1.29 is 0 Å². The molecule has 1 saturated heterocycles. The molecule has 1 aliphatic rings. The molecule has 3 heteroatoms. The number of piperazine rings is 1. The SMILES string of the molecule is CN1CCN([Si](C)(C)C(C)(C)C)CC1. The van der Waals surface area contributed by atoms with Crippen molar-refractivity contribution in [2.45, 2.75) is 38.9 Å². The largest absolute Gasteiger partial charge is 0.321 e. The number of hydrogen-bond donors (Lipinski definition) is 0. The Morgan fingerprint density at radius 1 is 0.929 bits per heavy atom. The zero-order valence-corrected chi connectivity index (χ0v) is 11.7. The highest BCUT2D eigenvalue weighted by Gasteiger charge is 2.41. The van der Waals surface area contributed by atoms with E-state index in [1.807, 2.05) is 0 Å². The van der Waals surface area contributed by atoms with E-state index in [2.05, 4.69) is 50.4 Å². The lowest BCUT2D eigenvalue weighted by atomic mass is 10.2. The average Bonchev–Trinajstić information content (AvgIpc) is 2.03. The average molecular weight is 214 g/mol. The van der Waals surface area contributed by atoms with E-state index in [0.717, 1.165) is 0 Å². The third kappa shape index (κ3) is 2.38. The maximum atomic E-state index is 2.77. The summed E-state index contributed by atoms with van der Waals surface area (Å²) in [6, 6.07) is 0. The highest BCUT2D eigenvalue weighted by Crippen LogP contribution is 2.38. The summed E-state index contributed by atoms with van der Waals surface area (Å²) in [5.41, 5.74) is 0. The molecule has 0 aromatic rings. The summed E-state index contributed by atoms with van der Waals surface area (Å²) in [5.74, 6) is 0. The Bertz CT molecular complexity index is 188. The fraction of sp³-hybridized carbons (Fsp3) is 1.00. The second kappa shape index (κ2) is 3.95. The molecule has 1 fully saturated rings. The molecule has 0 aromatic carbocycles. The summed E-state index contributed by atoms with van der Waals surface area (Å²) < 4.78 is 2.77. The number of nitrogens with zero attached hydrogens (tertiary/aromatic N) is 2. The Kier molecular flexibility index (Phi) is 3.44. The van der Waals surface area contributed by atoms with Crippen LogP contribution in [0.25, 0.3) is 0 Å². The second-order valence-corrected chi connectivity index (χ2v) is 11.3. The molecule has 0 bridgehead atoms. The van der Waals surface area contributed by atoms with Crippen LogP contribution in [-0.2, 0) is 0 Å². The fourth-order valence-electron chi connectivity index (χ4n) is 1.84. The van der Waals surface area contributed by atoms with Crippen molar-refractivity contribution in [1.82, 2.24) is 9.47 Å². The van der Waals surface area contributed by atoms with Gasteiger partial charge in [0, 0.05) is 26.2 Å². The van der Waals surface area contributed by atoms with Crippen LogP contribution in [0.2, 0.25) is 18.1 Å². The summed E-state index contributed by atoms with van der Waals surface area (Å²) in [7, 11) is 0.998. The van der Waals surface area contributed by atoms with E-state index in [9.17, 15) is 0 Å². The Morgan fingerprint density at radius 3 is 1.71 bits per heavy atom. The van der Waals surface area contributed by atoms with Crippen molar-refractivity contribution in [2.24, 2.45) is 0 Å². The molecule has 14 heavy (non-hydrogen) atoms. The van der Waals surface area contributed by atoms with Gasteiger partial charge in [-0.3, -0.25) is 0 Å². The summed E-state index contributed by atoms with van der Waals surface area (Å²) in [4.78, 5) is 2.43. The van der Waals surface area contributed by atoms with E-state index in [1.54, 1.807) is 0 Å². The molecule has 0 radical (unpaired) electrons. The molecule has 84 valence electrons. The van der Waals surface area contributed by atoms with Gasteiger partial charge in [-0.2, -0.15) is 0 Å². The van der Waals surface area contributed by atoms with Gasteiger partial charge in [-0.25, -0.2) is 0 Å². The molecular formula is C11H26N2Si. The lowest BCUT2D eigenvalue weighted by Crippen LogP contribution is -2.60. The predicted octanol–water partition coefficient (Wildman–Crippen LogP) is 2.24. The molecule has 0 aliphatic carbocycles. The van der Waals surface area contributed by atoms with Crippen molar-refractivity contribution in [2.75, 3.05) is 33.2 Å². The maximum Gasteiger partial charge on any atom is 0.127 e. The van der Waals surface area contributed by atoms with Gasteiger partial charge in [-0.05, 0) is 12.1 Å². The number of likely N-dealkylation sites (N-methyl/N-ethyl adjacent to an activating group) is 1. The molecule has 0 N–H and O–H groups in total.